The third-order valence-corrected chi connectivity index (χ3v) is 5.36. The quantitative estimate of drug-likeness (QED) is 0.617. The molecule has 2 aromatic carbocycles. The van der Waals surface area contributed by atoms with Crippen molar-refractivity contribution < 1.29 is 23.1 Å². The Labute approximate surface area is 158 Å². The number of hydrogen-bond acceptors (Lipinski definition) is 3. The van der Waals surface area contributed by atoms with E-state index in [1.165, 1.54) is 23.5 Å². The summed E-state index contributed by atoms with van der Waals surface area (Å²) in [5.74, 6) is -0.990. The molecule has 1 heterocycles. The predicted molar refractivity (Wildman–Crippen MR) is 98.2 cm³/mol. The summed E-state index contributed by atoms with van der Waals surface area (Å²) in [6, 6.07) is 10.1. The van der Waals surface area contributed by atoms with Gasteiger partial charge in [0, 0.05) is 6.42 Å². The van der Waals surface area contributed by atoms with E-state index in [1.807, 2.05) is 13.8 Å². The fourth-order valence-corrected chi connectivity index (χ4v) is 4.05. The molecule has 0 aliphatic heterocycles. The van der Waals surface area contributed by atoms with Crippen LogP contribution in [-0.4, -0.2) is 16.1 Å². The first-order chi connectivity index (χ1) is 12.6. The molecular formula is C20H16F3NO2S. The second kappa shape index (κ2) is 7.15. The van der Waals surface area contributed by atoms with Gasteiger partial charge >= 0.3 is 12.1 Å². The standard InChI is InChI=1S/C20H16F3NO2S/c1-11-8-14(19(25)26)6-7-16(11)18-12(2)24-17(27-18)10-13-4-3-5-15(9-13)20(21,22)23/h3-9H,10H2,1-2H3,(H,25,26). The van der Waals surface area contributed by atoms with E-state index in [0.29, 0.717) is 17.0 Å². The van der Waals surface area contributed by atoms with Crippen LogP contribution in [0.3, 0.4) is 0 Å². The van der Waals surface area contributed by atoms with Crippen molar-refractivity contribution in [1.29, 1.82) is 0 Å². The number of rotatable bonds is 4. The molecule has 3 rings (SSSR count). The van der Waals surface area contributed by atoms with E-state index in [9.17, 15) is 18.0 Å². The Morgan fingerprint density at radius 1 is 1.15 bits per heavy atom. The molecule has 0 unspecified atom stereocenters. The van der Waals surface area contributed by atoms with Gasteiger partial charge in [-0.25, -0.2) is 9.78 Å². The summed E-state index contributed by atoms with van der Waals surface area (Å²) in [6.45, 7) is 3.67. The molecule has 0 radical (unpaired) electrons. The third-order valence-electron chi connectivity index (χ3n) is 4.17. The molecule has 1 aromatic heterocycles. The highest BCUT2D eigenvalue weighted by Gasteiger charge is 2.30. The lowest BCUT2D eigenvalue weighted by atomic mass is 10.0. The number of alkyl halides is 3. The smallest absolute Gasteiger partial charge is 0.416 e. The molecule has 0 atom stereocenters. The molecule has 0 spiro atoms. The van der Waals surface area contributed by atoms with Crippen LogP contribution in [0.4, 0.5) is 13.2 Å². The van der Waals surface area contributed by atoms with Crippen LogP contribution < -0.4 is 0 Å². The van der Waals surface area contributed by atoms with Crippen LogP contribution in [0, 0.1) is 13.8 Å². The van der Waals surface area contributed by atoms with E-state index in [-0.39, 0.29) is 5.56 Å². The van der Waals surface area contributed by atoms with Crippen molar-refractivity contribution in [3.8, 4) is 10.4 Å². The lowest BCUT2D eigenvalue weighted by Gasteiger charge is -2.07. The lowest BCUT2D eigenvalue weighted by molar-refractivity contribution is -0.137. The number of nitrogens with zero attached hydrogens (tertiary/aromatic N) is 1. The molecule has 27 heavy (non-hydrogen) atoms. The van der Waals surface area contributed by atoms with Gasteiger partial charge in [0.15, 0.2) is 0 Å². The second-order valence-corrected chi connectivity index (χ2v) is 7.32. The van der Waals surface area contributed by atoms with Crippen molar-refractivity contribution >= 4 is 17.3 Å². The summed E-state index contributed by atoms with van der Waals surface area (Å²) in [6.07, 6.45) is -4.06. The van der Waals surface area contributed by atoms with Gasteiger partial charge in [0.2, 0.25) is 0 Å². The number of halogens is 3. The van der Waals surface area contributed by atoms with E-state index in [1.54, 1.807) is 18.2 Å². The minimum Gasteiger partial charge on any atom is -0.478 e. The monoisotopic (exact) mass is 391 g/mol. The molecule has 0 aliphatic carbocycles. The molecule has 0 amide bonds. The van der Waals surface area contributed by atoms with Crippen LogP contribution in [0.5, 0.6) is 0 Å². The van der Waals surface area contributed by atoms with Crippen molar-refractivity contribution in [1.82, 2.24) is 4.98 Å². The van der Waals surface area contributed by atoms with Crippen LogP contribution in [0.2, 0.25) is 0 Å². The highest BCUT2D eigenvalue weighted by Crippen LogP contribution is 2.34. The Balaban J connectivity index is 1.91. The maximum absolute atomic E-state index is 12.9. The number of aromatic carboxylic acids is 1. The maximum atomic E-state index is 12.9. The number of thiazole rings is 1. The molecule has 0 bridgehead atoms. The van der Waals surface area contributed by atoms with Gasteiger partial charge < -0.3 is 5.11 Å². The highest BCUT2D eigenvalue weighted by molar-refractivity contribution is 7.15. The molecule has 3 nitrogen and oxygen atoms in total. The molecular weight excluding hydrogens is 375 g/mol. The Morgan fingerprint density at radius 2 is 1.89 bits per heavy atom. The van der Waals surface area contributed by atoms with Crippen molar-refractivity contribution in [3.05, 3.63) is 75.4 Å². The average Bonchev–Trinajstić information content (AvgIpc) is 2.94. The summed E-state index contributed by atoms with van der Waals surface area (Å²) < 4.78 is 38.6. The molecule has 0 saturated heterocycles. The van der Waals surface area contributed by atoms with Crippen molar-refractivity contribution in [2.45, 2.75) is 26.4 Å². The molecule has 1 N–H and O–H groups in total. The third kappa shape index (κ3) is 4.19. The van der Waals surface area contributed by atoms with E-state index >= 15 is 0 Å². The first-order valence-corrected chi connectivity index (χ1v) is 8.93. The molecule has 0 saturated carbocycles. The summed E-state index contributed by atoms with van der Waals surface area (Å²) in [5, 5.41) is 9.79. The predicted octanol–water partition coefficient (Wildman–Crippen LogP) is 5.73. The van der Waals surface area contributed by atoms with E-state index in [0.717, 1.165) is 33.8 Å². The Bertz CT molecular complexity index is 1010. The Morgan fingerprint density at radius 3 is 2.52 bits per heavy atom. The minimum absolute atomic E-state index is 0.211. The van der Waals surface area contributed by atoms with Gasteiger partial charge in [0.05, 0.1) is 26.7 Å². The lowest BCUT2D eigenvalue weighted by Crippen LogP contribution is -2.05. The summed E-state index contributed by atoms with van der Waals surface area (Å²) in [7, 11) is 0. The number of aryl methyl sites for hydroxylation is 2. The molecule has 0 fully saturated rings. The molecule has 3 aromatic rings. The van der Waals surface area contributed by atoms with Crippen LogP contribution in [-0.2, 0) is 12.6 Å². The topological polar surface area (TPSA) is 50.2 Å². The van der Waals surface area contributed by atoms with Gasteiger partial charge in [0.25, 0.3) is 0 Å². The van der Waals surface area contributed by atoms with Crippen LogP contribution in [0.1, 0.15) is 37.7 Å². The molecule has 140 valence electrons. The summed E-state index contributed by atoms with van der Waals surface area (Å²) in [4.78, 5) is 16.5. The Kier molecular flexibility index (Phi) is 5.06. The first kappa shape index (κ1) is 19.1. The van der Waals surface area contributed by atoms with Gasteiger partial charge in [-0.3, -0.25) is 0 Å². The number of aromatic nitrogens is 1. The SMILES string of the molecule is Cc1cc(C(=O)O)ccc1-c1sc(Cc2cccc(C(F)(F)F)c2)nc1C. The zero-order valence-corrected chi connectivity index (χ0v) is 15.4. The normalized spacial score (nSPS) is 11.6. The second-order valence-electron chi connectivity index (χ2n) is 6.23. The van der Waals surface area contributed by atoms with Crippen molar-refractivity contribution in [2.75, 3.05) is 0 Å². The molecule has 0 aliphatic rings. The number of benzene rings is 2. The Hall–Kier alpha value is -2.67. The van der Waals surface area contributed by atoms with Gasteiger partial charge in [-0.05, 0) is 48.7 Å². The number of carboxylic acids is 1. The fraction of sp³-hybridized carbons (Fsp3) is 0.200. The highest BCUT2D eigenvalue weighted by atomic mass is 32.1. The zero-order valence-electron chi connectivity index (χ0n) is 14.6. The molecule has 7 heteroatoms. The number of hydrogen-bond donors (Lipinski definition) is 1. The number of carboxylic acid groups (broad SMARTS) is 1. The maximum Gasteiger partial charge on any atom is 0.416 e. The van der Waals surface area contributed by atoms with Crippen LogP contribution in [0.25, 0.3) is 10.4 Å². The largest absolute Gasteiger partial charge is 0.478 e. The summed E-state index contributed by atoms with van der Waals surface area (Å²) >= 11 is 1.41. The first-order valence-electron chi connectivity index (χ1n) is 8.12. The van der Waals surface area contributed by atoms with Crippen molar-refractivity contribution in [3.63, 3.8) is 0 Å². The zero-order chi connectivity index (χ0) is 19.8. The minimum atomic E-state index is -4.37. The van der Waals surface area contributed by atoms with Gasteiger partial charge in [-0.1, -0.05) is 24.3 Å². The fourth-order valence-electron chi connectivity index (χ4n) is 2.86. The van der Waals surface area contributed by atoms with Crippen LogP contribution in [0.15, 0.2) is 42.5 Å². The van der Waals surface area contributed by atoms with Gasteiger partial charge in [-0.2, -0.15) is 13.2 Å². The van der Waals surface area contributed by atoms with Gasteiger partial charge in [0.1, 0.15) is 0 Å². The van der Waals surface area contributed by atoms with Crippen molar-refractivity contribution in [2.24, 2.45) is 0 Å². The van der Waals surface area contributed by atoms with E-state index in [2.05, 4.69) is 4.98 Å². The average molecular weight is 391 g/mol. The van der Waals surface area contributed by atoms with Crippen LogP contribution >= 0.6 is 11.3 Å². The van der Waals surface area contributed by atoms with Gasteiger partial charge in [-0.15, -0.1) is 11.3 Å². The number of carbonyl (C=O) groups is 1. The van der Waals surface area contributed by atoms with E-state index in [4.69, 9.17) is 5.11 Å². The summed E-state index contributed by atoms with van der Waals surface area (Å²) in [5.41, 5.74) is 2.55. The van der Waals surface area contributed by atoms with E-state index < -0.39 is 17.7 Å².